The van der Waals surface area contributed by atoms with Gasteiger partial charge >= 0.3 is 0 Å². The molecule has 0 aliphatic carbocycles. The third-order valence-corrected chi connectivity index (χ3v) is 5.83. The second kappa shape index (κ2) is 6.31. The molecule has 0 N–H and O–H groups in total. The highest BCUT2D eigenvalue weighted by molar-refractivity contribution is 9.10. The predicted octanol–water partition coefficient (Wildman–Crippen LogP) is 1.75. The van der Waals surface area contributed by atoms with E-state index in [1.807, 2.05) is 11.0 Å². The zero-order valence-electron chi connectivity index (χ0n) is 11.8. The summed E-state index contributed by atoms with van der Waals surface area (Å²) < 4.78 is 27.4. The maximum atomic E-state index is 12.5. The quantitative estimate of drug-likeness (QED) is 0.808. The zero-order chi connectivity index (χ0) is 15.6. The molecule has 0 atom stereocenters. The lowest BCUT2D eigenvalue weighted by Crippen LogP contribution is -2.49. The van der Waals surface area contributed by atoms with E-state index in [-0.39, 0.29) is 0 Å². The molecule has 0 spiro atoms. The van der Waals surface area contributed by atoms with E-state index in [9.17, 15) is 8.42 Å². The van der Waals surface area contributed by atoms with E-state index in [1.54, 1.807) is 36.7 Å². The molecule has 1 aromatic heterocycles. The molecule has 0 unspecified atom stereocenters. The van der Waals surface area contributed by atoms with Crippen LogP contribution in [0.1, 0.15) is 0 Å². The van der Waals surface area contributed by atoms with Gasteiger partial charge in [-0.3, -0.25) is 0 Å². The minimum atomic E-state index is -3.42. The number of anilines is 1. The minimum absolute atomic E-state index is 0.336. The number of rotatable bonds is 3. The van der Waals surface area contributed by atoms with E-state index in [0.29, 0.717) is 37.0 Å². The molecule has 0 bridgehead atoms. The lowest BCUT2D eigenvalue weighted by atomic mass is 10.4. The maximum Gasteiger partial charge on any atom is 0.243 e. The topological polar surface area (TPSA) is 66.4 Å². The van der Waals surface area contributed by atoms with Crippen molar-refractivity contribution in [1.29, 1.82) is 0 Å². The van der Waals surface area contributed by atoms with Crippen LogP contribution in [0, 0.1) is 0 Å². The van der Waals surface area contributed by atoms with E-state index in [2.05, 4.69) is 25.9 Å². The molecule has 8 heteroatoms. The number of halogens is 1. The molecule has 1 aromatic carbocycles. The number of aromatic nitrogens is 2. The molecule has 6 nitrogen and oxygen atoms in total. The van der Waals surface area contributed by atoms with Crippen LogP contribution in [-0.4, -0.2) is 48.9 Å². The first-order valence-corrected chi connectivity index (χ1v) is 9.08. The van der Waals surface area contributed by atoms with Crippen molar-refractivity contribution in [2.45, 2.75) is 4.90 Å². The standard InChI is InChI=1S/C14H15BrN4O2S/c15-12-10-16-14(17-11-12)18-6-8-19(9-7-18)22(20,21)13-4-2-1-3-5-13/h1-5,10-11H,6-9H2. The summed E-state index contributed by atoms with van der Waals surface area (Å²) in [6.45, 7) is 2.01. The van der Waals surface area contributed by atoms with Gasteiger partial charge in [-0.2, -0.15) is 4.31 Å². The van der Waals surface area contributed by atoms with Gasteiger partial charge in [0.1, 0.15) is 0 Å². The largest absolute Gasteiger partial charge is 0.338 e. The van der Waals surface area contributed by atoms with Gasteiger partial charge in [0.25, 0.3) is 0 Å². The molecule has 22 heavy (non-hydrogen) atoms. The normalized spacial score (nSPS) is 16.7. The Hall–Kier alpha value is -1.51. The second-order valence-electron chi connectivity index (χ2n) is 4.91. The van der Waals surface area contributed by atoms with E-state index in [4.69, 9.17) is 0 Å². The summed E-state index contributed by atoms with van der Waals surface area (Å²) in [5.41, 5.74) is 0. The number of hydrogen-bond acceptors (Lipinski definition) is 5. The molecule has 1 saturated heterocycles. The molecule has 2 aromatic rings. The van der Waals surface area contributed by atoms with Crippen LogP contribution in [0.4, 0.5) is 5.95 Å². The first kappa shape index (κ1) is 15.4. The Morgan fingerprint density at radius 2 is 1.55 bits per heavy atom. The molecule has 1 fully saturated rings. The molecule has 0 amide bonds. The van der Waals surface area contributed by atoms with Crippen molar-refractivity contribution in [2.24, 2.45) is 0 Å². The lowest BCUT2D eigenvalue weighted by molar-refractivity contribution is 0.382. The van der Waals surface area contributed by atoms with Crippen LogP contribution in [0.2, 0.25) is 0 Å². The highest BCUT2D eigenvalue weighted by atomic mass is 79.9. The van der Waals surface area contributed by atoms with Crippen LogP contribution in [0.5, 0.6) is 0 Å². The second-order valence-corrected chi connectivity index (χ2v) is 7.76. The molecule has 0 radical (unpaired) electrons. The van der Waals surface area contributed by atoms with Crippen molar-refractivity contribution in [3.63, 3.8) is 0 Å². The monoisotopic (exact) mass is 382 g/mol. The SMILES string of the molecule is O=S(=O)(c1ccccc1)N1CCN(c2ncc(Br)cn2)CC1. The van der Waals surface area contributed by atoms with Crippen molar-refractivity contribution < 1.29 is 8.42 Å². The van der Waals surface area contributed by atoms with E-state index in [0.717, 1.165) is 4.47 Å². The third kappa shape index (κ3) is 3.13. The molecule has 0 saturated carbocycles. The number of benzene rings is 1. The molecule has 1 aliphatic rings. The van der Waals surface area contributed by atoms with Gasteiger partial charge in [-0.25, -0.2) is 18.4 Å². The molecule has 1 aliphatic heterocycles. The van der Waals surface area contributed by atoms with E-state index in [1.165, 1.54) is 4.31 Å². The van der Waals surface area contributed by atoms with Crippen LogP contribution in [-0.2, 0) is 10.0 Å². The van der Waals surface area contributed by atoms with Gasteiger partial charge in [0, 0.05) is 38.6 Å². The maximum absolute atomic E-state index is 12.5. The summed E-state index contributed by atoms with van der Waals surface area (Å²) in [5.74, 6) is 0.625. The first-order valence-electron chi connectivity index (χ1n) is 6.85. The van der Waals surface area contributed by atoms with Gasteiger partial charge in [-0.05, 0) is 28.1 Å². The minimum Gasteiger partial charge on any atom is -0.338 e. The van der Waals surface area contributed by atoms with Crippen molar-refractivity contribution in [3.8, 4) is 0 Å². The van der Waals surface area contributed by atoms with Gasteiger partial charge in [0.05, 0.1) is 9.37 Å². The smallest absolute Gasteiger partial charge is 0.243 e. The van der Waals surface area contributed by atoms with Crippen molar-refractivity contribution in [3.05, 3.63) is 47.2 Å². The van der Waals surface area contributed by atoms with E-state index >= 15 is 0 Å². The van der Waals surface area contributed by atoms with Gasteiger partial charge in [0.2, 0.25) is 16.0 Å². The fourth-order valence-corrected chi connectivity index (χ4v) is 3.99. The molecule has 3 rings (SSSR count). The lowest BCUT2D eigenvalue weighted by Gasteiger charge is -2.33. The van der Waals surface area contributed by atoms with Crippen molar-refractivity contribution >= 4 is 31.9 Å². The number of hydrogen-bond donors (Lipinski definition) is 0. The van der Waals surface area contributed by atoms with Crippen LogP contribution >= 0.6 is 15.9 Å². The molecular weight excluding hydrogens is 368 g/mol. The summed E-state index contributed by atoms with van der Waals surface area (Å²) in [4.78, 5) is 10.8. The summed E-state index contributed by atoms with van der Waals surface area (Å²) in [7, 11) is -3.42. The Balaban J connectivity index is 1.70. The van der Waals surface area contributed by atoms with Crippen LogP contribution < -0.4 is 4.90 Å². The number of nitrogens with zero attached hydrogens (tertiary/aromatic N) is 4. The average molecular weight is 383 g/mol. The van der Waals surface area contributed by atoms with Crippen LogP contribution in [0.3, 0.4) is 0 Å². The number of sulfonamides is 1. The summed E-state index contributed by atoms with van der Waals surface area (Å²) >= 11 is 3.30. The Morgan fingerprint density at radius 3 is 2.14 bits per heavy atom. The fourth-order valence-electron chi connectivity index (χ4n) is 2.34. The van der Waals surface area contributed by atoms with Gasteiger partial charge in [-0.15, -0.1) is 0 Å². The number of piperazine rings is 1. The highest BCUT2D eigenvalue weighted by Gasteiger charge is 2.28. The third-order valence-electron chi connectivity index (χ3n) is 3.51. The van der Waals surface area contributed by atoms with Crippen molar-refractivity contribution in [2.75, 3.05) is 31.1 Å². The first-order chi connectivity index (χ1) is 10.6. The summed E-state index contributed by atoms with van der Waals surface area (Å²) in [6, 6.07) is 8.53. The molecular formula is C14H15BrN4O2S. The Labute approximate surface area is 138 Å². The molecule has 2 heterocycles. The Bertz CT molecular complexity index is 729. The van der Waals surface area contributed by atoms with Crippen molar-refractivity contribution in [1.82, 2.24) is 14.3 Å². The van der Waals surface area contributed by atoms with Gasteiger partial charge in [0.15, 0.2) is 0 Å². The van der Waals surface area contributed by atoms with Crippen LogP contribution in [0.15, 0.2) is 52.1 Å². The summed E-state index contributed by atoms with van der Waals surface area (Å²) in [5, 5.41) is 0. The zero-order valence-corrected chi connectivity index (χ0v) is 14.2. The highest BCUT2D eigenvalue weighted by Crippen LogP contribution is 2.19. The van der Waals surface area contributed by atoms with Gasteiger partial charge in [-0.1, -0.05) is 18.2 Å². The van der Waals surface area contributed by atoms with E-state index < -0.39 is 10.0 Å². The Kier molecular flexibility index (Phi) is 4.42. The van der Waals surface area contributed by atoms with Gasteiger partial charge < -0.3 is 4.90 Å². The fraction of sp³-hybridized carbons (Fsp3) is 0.286. The predicted molar refractivity (Wildman–Crippen MR) is 87.1 cm³/mol. The Morgan fingerprint density at radius 1 is 0.955 bits per heavy atom. The van der Waals surface area contributed by atoms with Crippen LogP contribution in [0.25, 0.3) is 0 Å². The summed E-state index contributed by atoms with van der Waals surface area (Å²) in [6.07, 6.45) is 3.38. The molecule has 116 valence electrons. The average Bonchev–Trinajstić information content (AvgIpc) is 2.56.